The molecule has 0 unspecified atom stereocenters. The van der Waals surface area contributed by atoms with Crippen molar-refractivity contribution in [2.45, 2.75) is 12.6 Å². The van der Waals surface area contributed by atoms with Crippen molar-refractivity contribution in [2.75, 3.05) is 0 Å². The molecule has 1 atom stereocenters. The molecule has 34 heavy (non-hydrogen) atoms. The molecule has 1 amide bonds. The van der Waals surface area contributed by atoms with E-state index in [0.717, 1.165) is 17.7 Å². The van der Waals surface area contributed by atoms with E-state index in [2.05, 4.69) is 0 Å². The van der Waals surface area contributed by atoms with Gasteiger partial charge >= 0.3 is 0 Å². The second-order valence-electron chi connectivity index (χ2n) is 7.57. The highest BCUT2D eigenvalue weighted by Gasteiger charge is 2.46. The molecule has 1 N–H and O–H groups in total. The van der Waals surface area contributed by atoms with Gasteiger partial charge in [0.2, 0.25) is 0 Å². The van der Waals surface area contributed by atoms with Crippen LogP contribution in [-0.4, -0.2) is 31.5 Å². The van der Waals surface area contributed by atoms with Crippen LogP contribution >= 0.6 is 0 Å². The number of amides is 1. The minimum absolute atomic E-state index is 0.0236. The SMILES string of the molecule is O=C1C(=O)N(Cc2ccccc2)[C@H](c2cccc([N+](=O)[O-])c2)/C1=C(\O)c1ccc([N+](=O)[O-])cc1. The standard InChI is InChI=1S/C24H17N3O7/c28-22(16-9-11-18(12-10-16)26(31)32)20-21(17-7-4-8-19(13-17)27(33)34)25(24(30)23(20)29)14-15-5-2-1-3-6-15/h1-13,21,28H,14H2/b22-20+/t21-/m1/s1. The van der Waals surface area contributed by atoms with Crippen LogP contribution in [0.3, 0.4) is 0 Å². The number of rotatable bonds is 6. The van der Waals surface area contributed by atoms with E-state index in [9.17, 15) is 34.9 Å². The highest BCUT2D eigenvalue weighted by atomic mass is 16.6. The summed E-state index contributed by atoms with van der Waals surface area (Å²) in [5, 5.41) is 33.3. The summed E-state index contributed by atoms with van der Waals surface area (Å²) in [6, 6.07) is 18.1. The van der Waals surface area contributed by atoms with Gasteiger partial charge in [-0.05, 0) is 23.3 Å². The summed E-state index contributed by atoms with van der Waals surface area (Å²) >= 11 is 0. The van der Waals surface area contributed by atoms with Crippen LogP contribution in [0.2, 0.25) is 0 Å². The zero-order valence-electron chi connectivity index (χ0n) is 17.5. The van der Waals surface area contributed by atoms with E-state index in [1.54, 1.807) is 30.3 Å². The minimum Gasteiger partial charge on any atom is -0.507 e. The molecule has 3 aromatic rings. The fraction of sp³-hybridized carbons (Fsp3) is 0.0833. The third kappa shape index (κ3) is 4.11. The van der Waals surface area contributed by atoms with Crippen molar-refractivity contribution < 1.29 is 24.5 Å². The van der Waals surface area contributed by atoms with Gasteiger partial charge in [0.25, 0.3) is 23.1 Å². The smallest absolute Gasteiger partial charge is 0.295 e. The fourth-order valence-corrected chi connectivity index (χ4v) is 3.87. The molecule has 10 heteroatoms. The van der Waals surface area contributed by atoms with Gasteiger partial charge in [-0.3, -0.25) is 29.8 Å². The number of non-ortho nitro benzene ring substituents is 2. The van der Waals surface area contributed by atoms with E-state index < -0.39 is 33.3 Å². The average Bonchev–Trinajstić information content (AvgIpc) is 3.09. The predicted molar refractivity (Wildman–Crippen MR) is 120 cm³/mol. The lowest BCUT2D eigenvalue weighted by Crippen LogP contribution is -2.29. The maximum Gasteiger partial charge on any atom is 0.295 e. The van der Waals surface area contributed by atoms with Crippen LogP contribution in [0.5, 0.6) is 0 Å². The second-order valence-corrected chi connectivity index (χ2v) is 7.57. The molecule has 1 saturated heterocycles. The molecular formula is C24H17N3O7. The summed E-state index contributed by atoms with van der Waals surface area (Å²) in [6.45, 7) is 0.0236. The Morgan fingerprint density at radius 3 is 2.12 bits per heavy atom. The molecule has 1 heterocycles. The van der Waals surface area contributed by atoms with Crippen LogP contribution in [0, 0.1) is 20.2 Å². The van der Waals surface area contributed by atoms with Gasteiger partial charge in [-0.2, -0.15) is 0 Å². The third-order valence-electron chi connectivity index (χ3n) is 5.48. The van der Waals surface area contributed by atoms with E-state index in [4.69, 9.17) is 0 Å². The van der Waals surface area contributed by atoms with Gasteiger partial charge in [-0.1, -0.05) is 42.5 Å². The van der Waals surface area contributed by atoms with Crippen LogP contribution in [0.1, 0.15) is 22.7 Å². The number of nitro benzene ring substituents is 2. The maximum atomic E-state index is 13.0. The second kappa shape index (κ2) is 8.94. The van der Waals surface area contributed by atoms with Crippen molar-refractivity contribution in [1.29, 1.82) is 0 Å². The predicted octanol–water partition coefficient (Wildman–Crippen LogP) is 4.12. The molecular weight excluding hydrogens is 442 g/mol. The number of likely N-dealkylation sites (tertiary alicyclic amines) is 1. The molecule has 0 aliphatic carbocycles. The summed E-state index contributed by atoms with van der Waals surface area (Å²) in [4.78, 5) is 48.4. The zero-order valence-corrected chi connectivity index (χ0v) is 17.5. The van der Waals surface area contributed by atoms with Gasteiger partial charge in [-0.15, -0.1) is 0 Å². The van der Waals surface area contributed by atoms with Gasteiger partial charge in [0.15, 0.2) is 0 Å². The number of aliphatic hydroxyl groups is 1. The van der Waals surface area contributed by atoms with Gasteiger partial charge in [-0.25, -0.2) is 0 Å². The lowest BCUT2D eigenvalue weighted by atomic mass is 9.94. The Hall–Kier alpha value is -4.86. The van der Waals surface area contributed by atoms with Crippen molar-refractivity contribution >= 4 is 28.8 Å². The van der Waals surface area contributed by atoms with E-state index in [0.29, 0.717) is 0 Å². The number of carbonyl (C=O) groups excluding carboxylic acids is 2. The number of nitro groups is 2. The van der Waals surface area contributed by atoms with E-state index in [1.807, 2.05) is 0 Å². The van der Waals surface area contributed by atoms with E-state index >= 15 is 0 Å². The molecule has 3 aromatic carbocycles. The molecule has 0 saturated carbocycles. The number of benzene rings is 3. The lowest BCUT2D eigenvalue weighted by Gasteiger charge is -2.25. The Labute approximate surface area is 192 Å². The number of nitrogens with zero attached hydrogens (tertiary/aromatic N) is 3. The zero-order chi connectivity index (χ0) is 24.4. The first-order valence-electron chi connectivity index (χ1n) is 10.1. The van der Waals surface area contributed by atoms with Gasteiger partial charge < -0.3 is 10.0 Å². The van der Waals surface area contributed by atoms with Crippen molar-refractivity contribution in [1.82, 2.24) is 4.90 Å². The Balaban J connectivity index is 1.87. The number of hydrogen-bond acceptors (Lipinski definition) is 7. The number of aliphatic hydroxyl groups excluding tert-OH is 1. The third-order valence-corrected chi connectivity index (χ3v) is 5.48. The van der Waals surface area contributed by atoms with E-state index in [-0.39, 0.29) is 34.6 Å². The van der Waals surface area contributed by atoms with Crippen LogP contribution in [0.25, 0.3) is 5.76 Å². The highest BCUT2D eigenvalue weighted by molar-refractivity contribution is 6.46. The van der Waals surface area contributed by atoms with Crippen molar-refractivity contribution in [3.8, 4) is 0 Å². The minimum atomic E-state index is -1.10. The molecule has 0 radical (unpaired) electrons. The van der Waals surface area contributed by atoms with Crippen LogP contribution in [-0.2, 0) is 16.1 Å². The summed E-state index contributed by atoms with van der Waals surface area (Å²) < 4.78 is 0. The Bertz CT molecular complexity index is 1330. The van der Waals surface area contributed by atoms with Gasteiger partial charge in [0, 0.05) is 36.4 Å². The lowest BCUT2D eigenvalue weighted by molar-refractivity contribution is -0.385. The molecule has 170 valence electrons. The quantitative estimate of drug-likeness (QED) is 0.192. The van der Waals surface area contributed by atoms with Crippen LogP contribution in [0.15, 0.2) is 84.4 Å². The number of ketones is 1. The Morgan fingerprint density at radius 2 is 1.50 bits per heavy atom. The first-order valence-corrected chi connectivity index (χ1v) is 10.1. The topological polar surface area (TPSA) is 144 Å². The molecule has 0 bridgehead atoms. The first-order chi connectivity index (χ1) is 16.3. The van der Waals surface area contributed by atoms with E-state index in [1.165, 1.54) is 41.3 Å². The number of carbonyl (C=O) groups is 2. The van der Waals surface area contributed by atoms with Crippen molar-refractivity contribution in [3.05, 3.63) is 121 Å². The van der Waals surface area contributed by atoms with Crippen LogP contribution in [0.4, 0.5) is 11.4 Å². The molecule has 1 fully saturated rings. The molecule has 1 aliphatic heterocycles. The van der Waals surface area contributed by atoms with Crippen molar-refractivity contribution in [3.63, 3.8) is 0 Å². The van der Waals surface area contributed by atoms with Crippen LogP contribution < -0.4 is 0 Å². The Kier molecular flexibility index (Phi) is 5.88. The fourth-order valence-electron chi connectivity index (χ4n) is 3.87. The van der Waals surface area contributed by atoms with Gasteiger partial charge in [0.05, 0.1) is 21.5 Å². The number of hydrogen-bond donors (Lipinski definition) is 1. The molecule has 0 aromatic heterocycles. The molecule has 4 rings (SSSR count). The summed E-state index contributed by atoms with van der Waals surface area (Å²) in [6.07, 6.45) is 0. The summed E-state index contributed by atoms with van der Waals surface area (Å²) in [5.41, 5.74) is 0.381. The number of Topliss-reactive ketones (excluding diaryl/α,β-unsaturated/α-hetero) is 1. The first kappa shape index (κ1) is 22.3. The average molecular weight is 459 g/mol. The molecule has 1 aliphatic rings. The van der Waals surface area contributed by atoms with Gasteiger partial charge in [0.1, 0.15) is 5.76 Å². The summed E-state index contributed by atoms with van der Waals surface area (Å²) in [5.74, 6) is -2.35. The Morgan fingerprint density at radius 1 is 0.853 bits per heavy atom. The molecule has 10 nitrogen and oxygen atoms in total. The summed E-state index contributed by atoms with van der Waals surface area (Å²) in [7, 11) is 0. The largest absolute Gasteiger partial charge is 0.507 e. The highest BCUT2D eigenvalue weighted by Crippen LogP contribution is 2.41. The normalized spacial score (nSPS) is 17.1. The molecule has 0 spiro atoms. The monoisotopic (exact) mass is 459 g/mol. The maximum absolute atomic E-state index is 13.0. The van der Waals surface area contributed by atoms with Crippen molar-refractivity contribution in [2.24, 2.45) is 0 Å².